The number of sulfonamides is 1. The van der Waals surface area contributed by atoms with Crippen molar-refractivity contribution in [2.45, 2.75) is 11.8 Å². The van der Waals surface area contributed by atoms with Crippen molar-refractivity contribution in [2.24, 2.45) is 0 Å². The minimum Gasteiger partial charge on any atom is -0.336 e. The van der Waals surface area contributed by atoms with E-state index in [9.17, 15) is 22.0 Å². The van der Waals surface area contributed by atoms with Crippen molar-refractivity contribution in [3.8, 4) is 0 Å². The Kier molecular flexibility index (Phi) is 5.01. The summed E-state index contributed by atoms with van der Waals surface area (Å²) >= 11 is 0. The van der Waals surface area contributed by atoms with Gasteiger partial charge in [-0.2, -0.15) is 4.31 Å². The van der Waals surface area contributed by atoms with Gasteiger partial charge in [0.15, 0.2) is 4.90 Å². The van der Waals surface area contributed by atoms with Crippen LogP contribution < -0.4 is 0 Å². The molecule has 1 fully saturated rings. The molecule has 0 bridgehead atoms. The van der Waals surface area contributed by atoms with E-state index in [0.29, 0.717) is 5.56 Å². The summed E-state index contributed by atoms with van der Waals surface area (Å²) in [5, 5.41) is 0. The van der Waals surface area contributed by atoms with Crippen LogP contribution in [0.25, 0.3) is 0 Å². The molecule has 9 heteroatoms. The lowest BCUT2D eigenvalue weighted by molar-refractivity contribution is 0.0697. The number of hydrogen-bond donors (Lipinski definition) is 0. The first kappa shape index (κ1) is 18.4. The topological polar surface area (TPSA) is 70.6 Å². The van der Waals surface area contributed by atoms with Crippen LogP contribution in [0.4, 0.5) is 8.78 Å². The van der Waals surface area contributed by atoms with Crippen LogP contribution in [0.15, 0.2) is 41.4 Å². The van der Waals surface area contributed by atoms with E-state index in [1.165, 1.54) is 11.1 Å². The van der Waals surface area contributed by atoms with Crippen molar-refractivity contribution < 1.29 is 22.0 Å². The lowest BCUT2D eigenvalue weighted by Gasteiger charge is -2.34. The highest BCUT2D eigenvalue weighted by Crippen LogP contribution is 2.23. The van der Waals surface area contributed by atoms with Gasteiger partial charge in [-0.1, -0.05) is 6.07 Å². The van der Waals surface area contributed by atoms with Gasteiger partial charge in [0.25, 0.3) is 5.91 Å². The predicted octanol–water partition coefficient (Wildman–Crippen LogP) is 1.81. The molecule has 0 radical (unpaired) electrons. The highest BCUT2D eigenvalue weighted by Gasteiger charge is 2.34. The van der Waals surface area contributed by atoms with Gasteiger partial charge >= 0.3 is 0 Å². The molecule has 0 N–H and O–H groups in total. The maximum Gasteiger partial charge on any atom is 0.255 e. The summed E-state index contributed by atoms with van der Waals surface area (Å²) in [5.74, 6) is -2.52. The Balaban J connectivity index is 1.74. The largest absolute Gasteiger partial charge is 0.336 e. The number of hydrogen-bond acceptors (Lipinski definition) is 4. The molecule has 6 nitrogen and oxygen atoms in total. The third-order valence-corrected chi connectivity index (χ3v) is 6.15. The van der Waals surface area contributed by atoms with E-state index in [-0.39, 0.29) is 32.1 Å². The van der Waals surface area contributed by atoms with Crippen LogP contribution in [-0.4, -0.2) is 54.7 Å². The quantitative estimate of drug-likeness (QED) is 0.813. The van der Waals surface area contributed by atoms with E-state index in [1.807, 2.05) is 0 Å². The SMILES string of the molecule is Cc1ccc(C(=O)N2CCN(S(=O)(=O)c3c(F)cccc3F)CC2)cn1. The molecule has 1 aromatic heterocycles. The Morgan fingerprint density at radius 3 is 2.19 bits per heavy atom. The summed E-state index contributed by atoms with van der Waals surface area (Å²) < 4.78 is 53.8. The number of carbonyl (C=O) groups is 1. The van der Waals surface area contributed by atoms with Crippen LogP contribution >= 0.6 is 0 Å². The van der Waals surface area contributed by atoms with Crippen molar-refractivity contribution >= 4 is 15.9 Å². The van der Waals surface area contributed by atoms with Gasteiger partial charge in [0.2, 0.25) is 10.0 Å². The number of carbonyl (C=O) groups excluding carboxylic acids is 1. The molecule has 0 atom stereocenters. The van der Waals surface area contributed by atoms with Gasteiger partial charge < -0.3 is 4.90 Å². The van der Waals surface area contributed by atoms with Crippen molar-refractivity contribution in [3.63, 3.8) is 0 Å². The fraction of sp³-hybridized carbons (Fsp3) is 0.294. The number of benzene rings is 1. The summed E-state index contributed by atoms with van der Waals surface area (Å²) in [6, 6.07) is 6.29. The molecule has 0 saturated carbocycles. The second-order valence-electron chi connectivity index (χ2n) is 5.94. The van der Waals surface area contributed by atoms with Crippen LogP contribution in [0.1, 0.15) is 16.1 Å². The molecule has 1 aliphatic heterocycles. The van der Waals surface area contributed by atoms with Crippen molar-refractivity contribution in [2.75, 3.05) is 26.2 Å². The van der Waals surface area contributed by atoms with E-state index in [1.54, 1.807) is 19.1 Å². The van der Waals surface area contributed by atoms with Gasteiger partial charge in [0.1, 0.15) is 11.6 Å². The van der Waals surface area contributed by atoms with Gasteiger partial charge in [-0.25, -0.2) is 17.2 Å². The van der Waals surface area contributed by atoms with Gasteiger partial charge in [-0.3, -0.25) is 9.78 Å². The van der Waals surface area contributed by atoms with Crippen LogP contribution in [-0.2, 0) is 10.0 Å². The van der Waals surface area contributed by atoms with Gasteiger partial charge in [0, 0.05) is 38.1 Å². The van der Waals surface area contributed by atoms with E-state index in [2.05, 4.69) is 4.98 Å². The molecular formula is C17H17F2N3O3S. The Morgan fingerprint density at radius 1 is 1.04 bits per heavy atom. The highest BCUT2D eigenvalue weighted by molar-refractivity contribution is 7.89. The third-order valence-electron chi connectivity index (χ3n) is 4.20. The number of rotatable bonds is 3. The Bertz CT molecular complexity index is 905. The number of amides is 1. The molecule has 1 saturated heterocycles. The average molecular weight is 381 g/mol. The van der Waals surface area contributed by atoms with E-state index < -0.39 is 26.6 Å². The number of aryl methyl sites for hydroxylation is 1. The van der Waals surface area contributed by atoms with Crippen LogP contribution in [0.5, 0.6) is 0 Å². The third kappa shape index (κ3) is 3.45. The Morgan fingerprint density at radius 2 is 1.65 bits per heavy atom. The molecule has 3 rings (SSSR count). The van der Waals surface area contributed by atoms with E-state index in [4.69, 9.17) is 0 Å². The molecule has 2 heterocycles. The van der Waals surface area contributed by atoms with E-state index >= 15 is 0 Å². The lowest BCUT2D eigenvalue weighted by atomic mass is 10.2. The predicted molar refractivity (Wildman–Crippen MR) is 90.0 cm³/mol. The van der Waals surface area contributed by atoms with Gasteiger partial charge in [-0.05, 0) is 31.2 Å². The molecule has 1 amide bonds. The van der Waals surface area contributed by atoms with Gasteiger partial charge in [0.05, 0.1) is 5.56 Å². The molecule has 0 spiro atoms. The average Bonchev–Trinajstić information content (AvgIpc) is 2.61. The second-order valence-corrected chi connectivity index (χ2v) is 7.81. The zero-order valence-electron chi connectivity index (χ0n) is 14.0. The molecular weight excluding hydrogens is 364 g/mol. The number of piperazine rings is 1. The zero-order chi connectivity index (χ0) is 18.9. The zero-order valence-corrected chi connectivity index (χ0v) is 14.8. The fourth-order valence-electron chi connectivity index (χ4n) is 2.77. The van der Waals surface area contributed by atoms with E-state index in [0.717, 1.165) is 28.2 Å². The standard InChI is InChI=1S/C17H17F2N3O3S/c1-12-5-6-13(11-20-12)17(23)21-7-9-22(10-8-21)26(24,25)16-14(18)3-2-4-15(16)19/h2-6,11H,7-10H2,1H3. The molecule has 26 heavy (non-hydrogen) atoms. The Hall–Kier alpha value is -2.39. The number of halogens is 2. The number of nitrogens with zero attached hydrogens (tertiary/aromatic N) is 3. The van der Waals surface area contributed by atoms with Crippen molar-refractivity contribution in [1.82, 2.24) is 14.2 Å². The molecule has 2 aromatic rings. The minimum atomic E-state index is -4.31. The molecule has 1 aliphatic rings. The maximum absolute atomic E-state index is 13.8. The second kappa shape index (κ2) is 7.08. The van der Waals surface area contributed by atoms with Crippen molar-refractivity contribution in [1.29, 1.82) is 0 Å². The lowest BCUT2D eigenvalue weighted by Crippen LogP contribution is -2.50. The monoisotopic (exact) mass is 381 g/mol. The number of aromatic nitrogens is 1. The molecule has 1 aromatic carbocycles. The highest BCUT2D eigenvalue weighted by atomic mass is 32.2. The first-order chi connectivity index (χ1) is 12.3. The maximum atomic E-state index is 13.8. The fourth-order valence-corrected chi connectivity index (χ4v) is 4.30. The van der Waals surface area contributed by atoms with Gasteiger partial charge in [-0.15, -0.1) is 0 Å². The minimum absolute atomic E-state index is 0.0405. The van der Waals surface area contributed by atoms with Crippen LogP contribution in [0.3, 0.4) is 0 Å². The first-order valence-electron chi connectivity index (χ1n) is 7.97. The number of pyridine rings is 1. The summed E-state index contributed by atoms with van der Waals surface area (Å²) in [6.45, 7) is 1.98. The van der Waals surface area contributed by atoms with Crippen LogP contribution in [0, 0.1) is 18.6 Å². The Labute approximate surface area is 150 Å². The summed E-state index contributed by atoms with van der Waals surface area (Å²) in [7, 11) is -4.31. The summed E-state index contributed by atoms with van der Waals surface area (Å²) in [6.07, 6.45) is 1.47. The van der Waals surface area contributed by atoms with Crippen molar-refractivity contribution in [3.05, 3.63) is 59.4 Å². The summed E-state index contributed by atoms with van der Waals surface area (Å²) in [4.78, 5) is 17.1. The normalized spacial score (nSPS) is 15.9. The molecule has 0 aliphatic carbocycles. The molecule has 138 valence electrons. The van der Waals surface area contributed by atoms with Crippen LogP contribution in [0.2, 0.25) is 0 Å². The smallest absolute Gasteiger partial charge is 0.255 e. The molecule has 0 unspecified atom stereocenters. The summed E-state index contributed by atoms with van der Waals surface area (Å²) in [5.41, 5.74) is 1.19. The first-order valence-corrected chi connectivity index (χ1v) is 9.41.